The first kappa shape index (κ1) is 12.8. The Bertz CT molecular complexity index is 264. The van der Waals surface area contributed by atoms with E-state index in [9.17, 15) is 4.79 Å². The number of hydrogen-bond acceptors (Lipinski definition) is 3. The molecule has 2 saturated heterocycles. The number of piperidine rings is 1. The molecule has 1 N–H and O–H groups in total. The molecule has 0 bridgehead atoms. The summed E-state index contributed by atoms with van der Waals surface area (Å²) in [7, 11) is 1.60. The minimum absolute atomic E-state index is 0.148. The molecule has 0 radical (unpaired) electrons. The predicted octanol–water partition coefficient (Wildman–Crippen LogP) is 1.01. The van der Waals surface area contributed by atoms with E-state index in [0.29, 0.717) is 12.0 Å². The van der Waals surface area contributed by atoms with E-state index >= 15 is 0 Å². The number of carbonyl (C=O) groups is 1. The summed E-state index contributed by atoms with van der Waals surface area (Å²) >= 11 is 0. The van der Waals surface area contributed by atoms with Crippen LogP contribution in [0, 0.1) is 5.92 Å². The predicted molar refractivity (Wildman–Crippen MR) is 66.8 cm³/mol. The van der Waals surface area contributed by atoms with Crippen molar-refractivity contribution in [3.05, 3.63) is 0 Å². The second-order valence-corrected chi connectivity index (χ2v) is 5.27. The molecule has 0 aromatic rings. The Morgan fingerprint density at radius 2 is 2.24 bits per heavy atom. The maximum Gasteiger partial charge on any atom is 0.251 e. The zero-order valence-electron chi connectivity index (χ0n) is 10.9. The molecule has 17 heavy (non-hydrogen) atoms. The Labute approximate surface area is 104 Å². The van der Waals surface area contributed by atoms with Crippen molar-refractivity contribution >= 4 is 5.91 Å². The van der Waals surface area contributed by atoms with Crippen LogP contribution >= 0.6 is 0 Å². The Balaban J connectivity index is 1.89. The van der Waals surface area contributed by atoms with Crippen LogP contribution in [0.1, 0.15) is 32.6 Å². The van der Waals surface area contributed by atoms with Gasteiger partial charge >= 0.3 is 0 Å². The average Bonchev–Trinajstić information content (AvgIpc) is 2.91. The van der Waals surface area contributed by atoms with Crippen LogP contribution in [0.4, 0.5) is 0 Å². The van der Waals surface area contributed by atoms with E-state index in [2.05, 4.69) is 5.32 Å². The summed E-state index contributed by atoms with van der Waals surface area (Å²) < 4.78 is 5.12. The molecule has 4 nitrogen and oxygen atoms in total. The largest absolute Gasteiger partial charge is 0.372 e. The number of rotatable bonds is 3. The van der Waals surface area contributed by atoms with Crippen LogP contribution in [0.25, 0.3) is 0 Å². The molecule has 0 aliphatic carbocycles. The maximum absolute atomic E-state index is 12.1. The molecule has 2 rings (SSSR count). The topological polar surface area (TPSA) is 41.6 Å². The van der Waals surface area contributed by atoms with Crippen molar-refractivity contribution < 1.29 is 9.53 Å². The molecule has 0 aromatic heterocycles. The fourth-order valence-electron chi connectivity index (χ4n) is 3.01. The summed E-state index contributed by atoms with van der Waals surface area (Å²) in [5.74, 6) is 0.787. The summed E-state index contributed by atoms with van der Waals surface area (Å²) in [6.45, 7) is 4.78. The van der Waals surface area contributed by atoms with Gasteiger partial charge in [0.05, 0.1) is 0 Å². The van der Waals surface area contributed by atoms with Crippen molar-refractivity contribution in [1.29, 1.82) is 0 Å². The number of amides is 1. The normalized spacial score (nSPS) is 31.5. The molecule has 2 fully saturated rings. The lowest BCUT2D eigenvalue weighted by molar-refractivity contribution is -0.143. The van der Waals surface area contributed by atoms with E-state index in [0.717, 1.165) is 26.1 Å². The van der Waals surface area contributed by atoms with Crippen LogP contribution < -0.4 is 5.32 Å². The van der Waals surface area contributed by atoms with Crippen molar-refractivity contribution in [2.45, 2.75) is 44.8 Å². The molecule has 2 aliphatic rings. The number of hydrogen-bond donors (Lipinski definition) is 1. The highest BCUT2D eigenvalue weighted by atomic mass is 16.5. The molecule has 98 valence electrons. The Hall–Kier alpha value is -0.610. The quantitative estimate of drug-likeness (QED) is 0.800. The smallest absolute Gasteiger partial charge is 0.251 e. The standard InChI is InChI=1S/C13H24N2O2/c1-10(17-2)13(16)15-8-4-5-11(9-15)12-6-3-7-14-12/h10-12,14H,3-9H2,1-2H3. The third kappa shape index (κ3) is 2.99. The zero-order valence-corrected chi connectivity index (χ0v) is 10.9. The van der Waals surface area contributed by atoms with Gasteiger partial charge < -0.3 is 15.0 Å². The first-order valence-electron chi connectivity index (χ1n) is 6.77. The van der Waals surface area contributed by atoms with Gasteiger partial charge in [0.2, 0.25) is 0 Å². The SMILES string of the molecule is COC(C)C(=O)N1CCCC(C2CCCN2)C1. The fraction of sp³-hybridized carbons (Fsp3) is 0.923. The van der Waals surface area contributed by atoms with Gasteiger partial charge in [-0.3, -0.25) is 4.79 Å². The molecule has 4 heteroatoms. The first-order valence-corrected chi connectivity index (χ1v) is 6.77. The third-order valence-corrected chi connectivity index (χ3v) is 4.14. The zero-order chi connectivity index (χ0) is 12.3. The van der Waals surface area contributed by atoms with E-state index in [-0.39, 0.29) is 12.0 Å². The molecule has 0 spiro atoms. The van der Waals surface area contributed by atoms with Gasteiger partial charge in [0.15, 0.2) is 0 Å². The lowest BCUT2D eigenvalue weighted by Crippen LogP contribution is -2.48. The van der Waals surface area contributed by atoms with Gasteiger partial charge in [-0.25, -0.2) is 0 Å². The van der Waals surface area contributed by atoms with Gasteiger partial charge in [-0.1, -0.05) is 0 Å². The van der Waals surface area contributed by atoms with Crippen LogP contribution in [0.15, 0.2) is 0 Å². The molecular formula is C13H24N2O2. The van der Waals surface area contributed by atoms with Gasteiger partial charge in [0.1, 0.15) is 6.10 Å². The van der Waals surface area contributed by atoms with Crippen molar-refractivity contribution in [3.8, 4) is 0 Å². The van der Waals surface area contributed by atoms with Gasteiger partial charge in [0.25, 0.3) is 5.91 Å². The summed E-state index contributed by atoms with van der Waals surface area (Å²) in [5, 5.41) is 3.56. The highest BCUT2D eigenvalue weighted by molar-refractivity contribution is 5.80. The Kier molecular flexibility index (Phi) is 4.40. The van der Waals surface area contributed by atoms with Gasteiger partial charge in [0, 0.05) is 26.2 Å². The molecule has 0 saturated carbocycles. The number of likely N-dealkylation sites (tertiary alicyclic amines) is 1. The number of nitrogens with zero attached hydrogens (tertiary/aromatic N) is 1. The van der Waals surface area contributed by atoms with Crippen molar-refractivity contribution in [2.24, 2.45) is 5.92 Å². The van der Waals surface area contributed by atoms with Gasteiger partial charge in [-0.15, -0.1) is 0 Å². The third-order valence-electron chi connectivity index (χ3n) is 4.14. The number of carbonyl (C=O) groups excluding carboxylic acids is 1. The van der Waals surface area contributed by atoms with E-state index < -0.39 is 0 Å². The van der Waals surface area contributed by atoms with E-state index in [1.54, 1.807) is 7.11 Å². The second-order valence-electron chi connectivity index (χ2n) is 5.27. The van der Waals surface area contributed by atoms with E-state index in [1.165, 1.54) is 19.3 Å². The van der Waals surface area contributed by atoms with Gasteiger partial charge in [-0.05, 0) is 45.1 Å². The maximum atomic E-state index is 12.1. The summed E-state index contributed by atoms with van der Waals surface area (Å²) in [5.41, 5.74) is 0. The van der Waals surface area contributed by atoms with Crippen molar-refractivity contribution in [2.75, 3.05) is 26.7 Å². The summed E-state index contributed by atoms with van der Waals surface area (Å²) in [4.78, 5) is 14.1. The monoisotopic (exact) mass is 240 g/mol. The van der Waals surface area contributed by atoms with E-state index in [1.807, 2.05) is 11.8 Å². The second kappa shape index (κ2) is 5.83. The van der Waals surface area contributed by atoms with Crippen LogP contribution in [0.5, 0.6) is 0 Å². The molecule has 2 aliphatic heterocycles. The lowest BCUT2D eigenvalue weighted by atomic mass is 9.89. The van der Waals surface area contributed by atoms with E-state index in [4.69, 9.17) is 4.74 Å². The lowest BCUT2D eigenvalue weighted by Gasteiger charge is -2.36. The highest BCUT2D eigenvalue weighted by Gasteiger charge is 2.32. The minimum Gasteiger partial charge on any atom is -0.372 e. The molecule has 3 unspecified atom stereocenters. The number of ether oxygens (including phenoxy) is 1. The molecular weight excluding hydrogens is 216 g/mol. The van der Waals surface area contributed by atoms with Crippen molar-refractivity contribution in [1.82, 2.24) is 10.2 Å². The summed E-state index contributed by atoms with van der Waals surface area (Å²) in [6, 6.07) is 0.628. The minimum atomic E-state index is -0.301. The van der Waals surface area contributed by atoms with Crippen LogP contribution in [-0.2, 0) is 9.53 Å². The average molecular weight is 240 g/mol. The van der Waals surface area contributed by atoms with Crippen molar-refractivity contribution in [3.63, 3.8) is 0 Å². The molecule has 3 atom stereocenters. The first-order chi connectivity index (χ1) is 8.22. The Morgan fingerprint density at radius 1 is 1.41 bits per heavy atom. The molecule has 1 amide bonds. The highest BCUT2D eigenvalue weighted by Crippen LogP contribution is 2.25. The Morgan fingerprint density at radius 3 is 2.88 bits per heavy atom. The number of nitrogens with one attached hydrogen (secondary N) is 1. The molecule has 2 heterocycles. The van der Waals surface area contributed by atoms with Crippen LogP contribution in [0.2, 0.25) is 0 Å². The summed E-state index contributed by atoms with van der Waals surface area (Å²) in [6.07, 6.45) is 4.63. The molecule has 0 aromatic carbocycles. The fourth-order valence-corrected chi connectivity index (χ4v) is 3.01. The number of methoxy groups -OCH3 is 1. The van der Waals surface area contributed by atoms with Gasteiger partial charge in [-0.2, -0.15) is 0 Å². The van der Waals surface area contributed by atoms with Crippen LogP contribution in [0.3, 0.4) is 0 Å². The van der Waals surface area contributed by atoms with Crippen LogP contribution in [-0.4, -0.2) is 49.7 Å².